The standard InChI is InChI=1S/C14H18FNO2/c1-2-3-13(14(17)18)16-12-7-9-4-5-11(15)6-10(9)8-12/h4-6,12-13,16H,2-3,7-8H2,1H3,(H,17,18)/t12-,13?/m0/s1. The summed E-state index contributed by atoms with van der Waals surface area (Å²) in [6.07, 6.45) is 2.94. The number of aliphatic carboxylic acids is 1. The van der Waals surface area contributed by atoms with Gasteiger partial charge in [0, 0.05) is 6.04 Å². The maximum Gasteiger partial charge on any atom is 0.320 e. The van der Waals surface area contributed by atoms with Gasteiger partial charge in [-0.25, -0.2) is 4.39 Å². The van der Waals surface area contributed by atoms with Crippen LogP contribution in [-0.2, 0) is 17.6 Å². The summed E-state index contributed by atoms with van der Waals surface area (Å²) >= 11 is 0. The van der Waals surface area contributed by atoms with Crippen LogP contribution in [0.3, 0.4) is 0 Å². The molecular formula is C14H18FNO2. The van der Waals surface area contributed by atoms with Crippen molar-refractivity contribution >= 4 is 5.97 Å². The van der Waals surface area contributed by atoms with Gasteiger partial charge in [0.25, 0.3) is 0 Å². The zero-order chi connectivity index (χ0) is 13.1. The predicted molar refractivity (Wildman–Crippen MR) is 67.1 cm³/mol. The van der Waals surface area contributed by atoms with Gasteiger partial charge in [0.05, 0.1) is 0 Å². The summed E-state index contributed by atoms with van der Waals surface area (Å²) in [6, 6.07) is 4.41. The Hall–Kier alpha value is -1.42. The third kappa shape index (κ3) is 2.88. The van der Waals surface area contributed by atoms with Crippen molar-refractivity contribution < 1.29 is 14.3 Å². The molecule has 98 valence electrons. The number of hydrogen-bond donors (Lipinski definition) is 2. The average molecular weight is 251 g/mol. The Morgan fingerprint density at radius 1 is 1.50 bits per heavy atom. The van der Waals surface area contributed by atoms with Crippen LogP contribution < -0.4 is 5.32 Å². The third-order valence-corrected chi connectivity index (χ3v) is 3.41. The predicted octanol–water partition coefficient (Wildman–Crippen LogP) is 2.14. The monoisotopic (exact) mass is 251 g/mol. The zero-order valence-corrected chi connectivity index (χ0v) is 10.4. The second-order valence-corrected chi connectivity index (χ2v) is 4.86. The summed E-state index contributed by atoms with van der Waals surface area (Å²) in [4.78, 5) is 11.1. The first kappa shape index (κ1) is 13.0. The molecule has 0 radical (unpaired) electrons. The van der Waals surface area contributed by atoms with Crippen LogP contribution in [0, 0.1) is 5.82 Å². The van der Waals surface area contributed by atoms with Crippen molar-refractivity contribution in [2.45, 2.75) is 44.7 Å². The first-order chi connectivity index (χ1) is 8.60. The van der Waals surface area contributed by atoms with Crippen molar-refractivity contribution in [1.82, 2.24) is 5.32 Å². The number of carboxylic acids is 1. The molecule has 0 aliphatic heterocycles. The summed E-state index contributed by atoms with van der Waals surface area (Å²) in [5.41, 5.74) is 2.11. The van der Waals surface area contributed by atoms with Crippen LogP contribution in [-0.4, -0.2) is 23.2 Å². The maximum absolute atomic E-state index is 13.1. The highest BCUT2D eigenvalue weighted by atomic mass is 19.1. The largest absolute Gasteiger partial charge is 0.480 e. The smallest absolute Gasteiger partial charge is 0.320 e. The molecule has 2 rings (SSSR count). The Bertz CT molecular complexity index is 447. The maximum atomic E-state index is 13.1. The molecule has 0 spiro atoms. The van der Waals surface area contributed by atoms with Crippen LogP contribution >= 0.6 is 0 Å². The minimum absolute atomic E-state index is 0.106. The van der Waals surface area contributed by atoms with Crippen molar-refractivity contribution in [2.24, 2.45) is 0 Å². The van der Waals surface area contributed by atoms with Crippen LogP contribution in [0.25, 0.3) is 0 Å². The van der Waals surface area contributed by atoms with Crippen molar-refractivity contribution in [3.8, 4) is 0 Å². The van der Waals surface area contributed by atoms with Crippen molar-refractivity contribution in [2.75, 3.05) is 0 Å². The van der Waals surface area contributed by atoms with Crippen LogP contribution in [0.1, 0.15) is 30.9 Å². The fourth-order valence-electron chi connectivity index (χ4n) is 2.56. The van der Waals surface area contributed by atoms with E-state index >= 15 is 0 Å². The molecule has 0 fully saturated rings. The molecule has 1 aromatic rings. The van der Waals surface area contributed by atoms with Gasteiger partial charge in [0.2, 0.25) is 0 Å². The number of nitrogens with one attached hydrogen (secondary N) is 1. The van der Waals surface area contributed by atoms with Crippen LogP contribution in [0.2, 0.25) is 0 Å². The van der Waals surface area contributed by atoms with E-state index in [1.54, 1.807) is 12.1 Å². The lowest BCUT2D eigenvalue weighted by Gasteiger charge is -2.18. The summed E-state index contributed by atoms with van der Waals surface area (Å²) in [5, 5.41) is 12.3. The molecule has 0 saturated heterocycles. The first-order valence-electron chi connectivity index (χ1n) is 6.36. The molecule has 0 heterocycles. The van der Waals surface area contributed by atoms with E-state index in [1.807, 2.05) is 6.92 Å². The quantitative estimate of drug-likeness (QED) is 0.843. The van der Waals surface area contributed by atoms with E-state index in [0.717, 1.165) is 24.0 Å². The minimum Gasteiger partial charge on any atom is -0.480 e. The minimum atomic E-state index is -0.806. The van der Waals surface area contributed by atoms with E-state index in [1.165, 1.54) is 6.07 Å². The van der Waals surface area contributed by atoms with Gasteiger partial charge >= 0.3 is 5.97 Å². The van der Waals surface area contributed by atoms with E-state index in [4.69, 9.17) is 5.11 Å². The molecule has 1 aliphatic rings. The lowest BCUT2D eigenvalue weighted by atomic mass is 10.1. The first-order valence-corrected chi connectivity index (χ1v) is 6.36. The van der Waals surface area contributed by atoms with E-state index in [9.17, 15) is 9.18 Å². The Morgan fingerprint density at radius 2 is 2.22 bits per heavy atom. The summed E-state index contributed by atoms with van der Waals surface area (Å²) in [5.74, 6) is -1.03. The van der Waals surface area contributed by atoms with Crippen LogP contribution in [0.4, 0.5) is 4.39 Å². The highest BCUT2D eigenvalue weighted by Gasteiger charge is 2.26. The van der Waals surface area contributed by atoms with Gasteiger partial charge in [0.15, 0.2) is 0 Å². The molecule has 0 aromatic heterocycles. The number of rotatable bonds is 5. The summed E-state index contributed by atoms with van der Waals surface area (Å²) < 4.78 is 13.1. The highest BCUT2D eigenvalue weighted by molar-refractivity contribution is 5.73. The molecule has 0 amide bonds. The fraction of sp³-hybridized carbons (Fsp3) is 0.500. The Labute approximate surface area is 106 Å². The number of benzene rings is 1. The zero-order valence-electron chi connectivity index (χ0n) is 10.4. The van der Waals surface area contributed by atoms with E-state index in [2.05, 4.69) is 5.32 Å². The second-order valence-electron chi connectivity index (χ2n) is 4.86. The van der Waals surface area contributed by atoms with E-state index in [0.29, 0.717) is 12.8 Å². The highest BCUT2D eigenvalue weighted by Crippen LogP contribution is 2.23. The van der Waals surface area contributed by atoms with Gasteiger partial charge in [-0.2, -0.15) is 0 Å². The molecular weight excluding hydrogens is 233 g/mol. The number of carbonyl (C=O) groups is 1. The SMILES string of the molecule is CCCC(N[C@H]1Cc2ccc(F)cc2C1)C(=O)O. The van der Waals surface area contributed by atoms with E-state index < -0.39 is 12.0 Å². The third-order valence-electron chi connectivity index (χ3n) is 3.41. The topological polar surface area (TPSA) is 49.3 Å². The number of hydrogen-bond acceptors (Lipinski definition) is 2. The lowest BCUT2D eigenvalue weighted by molar-refractivity contribution is -0.139. The molecule has 4 heteroatoms. The van der Waals surface area contributed by atoms with Gasteiger partial charge < -0.3 is 10.4 Å². The van der Waals surface area contributed by atoms with Crippen molar-refractivity contribution in [3.05, 3.63) is 35.1 Å². The van der Waals surface area contributed by atoms with Crippen molar-refractivity contribution in [3.63, 3.8) is 0 Å². The number of fused-ring (bicyclic) bond motifs is 1. The van der Waals surface area contributed by atoms with Gasteiger partial charge in [-0.05, 0) is 42.5 Å². The molecule has 1 aliphatic carbocycles. The molecule has 2 N–H and O–H groups in total. The van der Waals surface area contributed by atoms with Gasteiger partial charge in [-0.3, -0.25) is 4.79 Å². The Kier molecular flexibility index (Phi) is 3.97. The lowest BCUT2D eigenvalue weighted by Crippen LogP contribution is -2.43. The van der Waals surface area contributed by atoms with Gasteiger partial charge in [-0.1, -0.05) is 19.4 Å². The number of carboxylic acid groups (broad SMARTS) is 1. The van der Waals surface area contributed by atoms with Gasteiger partial charge in [-0.15, -0.1) is 0 Å². The van der Waals surface area contributed by atoms with Crippen LogP contribution in [0.5, 0.6) is 0 Å². The fourth-order valence-corrected chi connectivity index (χ4v) is 2.56. The molecule has 2 atom stereocenters. The molecule has 3 nitrogen and oxygen atoms in total. The Balaban J connectivity index is 2.00. The molecule has 1 aromatic carbocycles. The summed E-state index contributed by atoms with van der Waals surface area (Å²) in [7, 11) is 0. The Morgan fingerprint density at radius 3 is 2.89 bits per heavy atom. The summed E-state index contributed by atoms with van der Waals surface area (Å²) in [6.45, 7) is 1.97. The van der Waals surface area contributed by atoms with Crippen LogP contribution in [0.15, 0.2) is 18.2 Å². The molecule has 18 heavy (non-hydrogen) atoms. The average Bonchev–Trinajstić information content (AvgIpc) is 2.69. The van der Waals surface area contributed by atoms with Gasteiger partial charge in [0.1, 0.15) is 11.9 Å². The van der Waals surface area contributed by atoms with E-state index in [-0.39, 0.29) is 11.9 Å². The number of halogens is 1. The second kappa shape index (κ2) is 5.48. The molecule has 0 saturated carbocycles. The molecule has 0 bridgehead atoms. The normalized spacial score (nSPS) is 19.6. The molecule has 1 unspecified atom stereocenters. The van der Waals surface area contributed by atoms with Crippen molar-refractivity contribution in [1.29, 1.82) is 0 Å².